The molecule has 0 bridgehead atoms. The molecular weight excluding hydrogens is 243 g/mol. The van der Waals surface area contributed by atoms with Gasteiger partial charge in [-0.25, -0.2) is 4.39 Å². The van der Waals surface area contributed by atoms with E-state index in [-0.39, 0.29) is 18.1 Å². The number of rotatable bonds is 3. The molecule has 0 saturated heterocycles. The molecule has 2 aromatic carbocycles. The number of hydrogen-bond acceptors (Lipinski definition) is 2. The molecule has 0 aliphatic heterocycles. The van der Waals surface area contributed by atoms with E-state index in [4.69, 9.17) is 5.73 Å². The highest BCUT2D eigenvalue weighted by molar-refractivity contribution is 5.95. The van der Waals surface area contributed by atoms with Crippen LogP contribution < -0.4 is 11.1 Å². The Morgan fingerprint density at radius 1 is 1.26 bits per heavy atom. The number of hydrogen-bond donors (Lipinski definition) is 2. The molecule has 0 aromatic heterocycles. The average Bonchev–Trinajstić information content (AvgIpc) is 2.33. The van der Waals surface area contributed by atoms with Crippen molar-refractivity contribution < 1.29 is 9.18 Å². The second-order valence-electron chi connectivity index (χ2n) is 4.45. The van der Waals surface area contributed by atoms with Crippen LogP contribution in [0.1, 0.15) is 11.1 Å². The normalized spacial score (nSPS) is 10.2. The molecule has 3 nitrogen and oxygen atoms in total. The Balaban J connectivity index is 2.05. The smallest absolute Gasteiger partial charge is 0.228 e. The molecule has 0 heterocycles. The number of nitrogens with one attached hydrogen (secondary N) is 1. The molecule has 0 unspecified atom stereocenters. The fourth-order valence-electron chi connectivity index (χ4n) is 1.82. The first-order valence-corrected chi connectivity index (χ1v) is 5.95. The predicted molar refractivity (Wildman–Crippen MR) is 74.3 cm³/mol. The Bertz CT molecular complexity index is 611. The van der Waals surface area contributed by atoms with Crippen LogP contribution in [0, 0.1) is 12.7 Å². The average molecular weight is 258 g/mol. The Labute approximate surface area is 111 Å². The van der Waals surface area contributed by atoms with E-state index in [0.29, 0.717) is 16.9 Å². The van der Waals surface area contributed by atoms with Crippen molar-refractivity contribution >= 4 is 17.3 Å². The maximum Gasteiger partial charge on any atom is 0.228 e. The molecule has 0 saturated carbocycles. The van der Waals surface area contributed by atoms with Crippen LogP contribution in [0.2, 0.25) is 0 Å². The summed E-state index contributed by atoms with van der Waals surface area (Å²) < 4.78 is 13.0. The molecule has 0 atom stereocenters. The number of anilines is 2. The van der Waals surface area contributed by atoms with Gasteiger partial charge in [0.15, 0.2) is 0 Å². The number of nitrogen functional groups attached to an aromatic ring is 1. The van der Waals surface area contributed by atoms with E-state index in [1.807, 2.05) is 13.0 Å². The summed E-state index contributed by atoms with van der Waals surface area (Å²) in [7, 11) is 0. The molecule has 0 aliphatic carbocycles. The molecule has 98 valence electrons. The molecule has 3 N–H and O–H groups in total. The van der Waals surface area contributed by atoms with Crippen molar-refractivity contribution in [2.45, 2.75) is 13.3 Å². The van der Waals surface area contributed by atoms with E-state index in [0.717, 1.165) is 5.56 Å². The quantitative estimate of drug-likeness (QED) is 0.832. The van der Waals surface area contributed by atoms with Crippen molar-refractivity contribution in [1.82, 2.24) is 0 Å². The fraction of sp³-hybridized carbons (Fsp3) is 0.133. The highest BCUT2D eigenvalue weighted by atomic mass is 19.1. The van der Waals surface area contributed by atoms with Gasteiger partial charge in [0.2, 0.25) is 5.91 Å². The summed E-state index contributed by atoms with van der Waals surface area (Å²) in [5, 5.41) is 2.72. The summed E-state index contributed by atoms with van der Waals surface area (Å²) in [6.45, 7) is 1.93. The lowest BCUT2D eigenvalue weighted by molar-refractivity contribution is -0.115. The van der Waals surface area contributed by atoms with Gasteiger partial charge in [0, 0.05) is 0 Å². The predicted octanol–water partition coefficient (Wildman–Crippen LogP) is 2.90. The zero-order valence-corrected chi connectivity index (χ0v) is 10.6. The van der Waals surface area contributed by atoms with Crippen LogP contribution in [0.15, 0.2) is 42.5 Å². The van der Waals surface area contributed by atoms with Crippen LogP contribution in [0.25, 0.3) is 0 Å². The van der Waals surface area contributed by atoms with E-state index < -0.39 is 0 Å². The van der Waals surface area contributed by atoms with Gasteiger partial charge in [-0.1, -0.05) is 18.2 Å². The van der Waals surface area contributed by atoms with E-state index in [1.54, 1.807) is 24.3 Å². The molecule has 0 fully saturated rings. The van der Waals surface area contributed by atoms with Crippen molar-refractivity contribution in [3.8, 4) is 0 Å². The molecule has 0 radical (unpaired) electrons. The second kappa shape index (κ2) is 5.52. The van der Waals surface area contributed by atoms with Gasteiger partial charge in [0.1, 0.15) is 5.82 Å². The lowest BCUT2D eigenvalue weighted by atomic mass is 10.1. The van der Waals surface area contributed by atoms with Crippen LogP contribution >= 0.6 is 0 Å². The lowest BCUT2D eigenvalue weighted by Gasteiger charge is -2.09. The van der Waals surface area contributed by atoms with E-state index in [1.165, 1.54) is 12.1 Å². The van der Waals surface area contributed by atoms with Crippen LogP contribution in [-0.4, -0.2) is 5.91 Å². The number of nitrogens with two attached hydrogens (primary N) is 1. The van der Waals surface area contributed by atoms with Gasteiger partial charge in [-0.15, -0.1) is 0 Å². The van der Waals surface area contributed by atoms with Crippen molar-refractivity contribution in [2.24, 2.45) is 0 Å². The third kappa shape index (κ3) is 3.55. The fourth-order valence-corrected chi connectivity index (χ4v) is 1.82. The summed E-state index contributed by atoms with van der Waals surface area (Å²) in [4.78, 5) is 11.8. The standard InChI is InChI=1S/C15H15FN2O/c1-10-5-6-14(13(17)7-10)18-15(19)9-11-3-2-4-12(16)8-11/h2-8H,9,17H2,1H3,(H,18,19). The van der Waals surface area contributed by atoms with Crippen LogP contribution in [0.5, 0.6) is 0 Å². The van der Waals surface area contributed by atoms with Gasteiger partial charge < -0.3 is 11.1 Å². The van der Waals surface area contributed by atoms with Gasteiger partial charge >= 0.3 is 0 Å². The Morgan fingerprint density at radius 3 is 2.74 bits per heavy atom. The Hall–Kier alpha value is -2.36. The molecule has 0 spiro atoms. The lowest BCUT2D eigenvalue weighted by Crippen LogP contribution is -2.15. The zero-order chi connectivity index (χ0) is 13.8. The largest absolute Gasteiger partial charge is 0.397 e. The molecule has 4 heteroatoms. The number of amides is 1. The maximum absolute atomic E-state index is 13.0. The first-order valence-electron chi connectivity index (χ1n) is 5.95. The van der Waals surface area contributed by atoms with E-state index in [9.17, 15) is 9.18 Å². The van der Waals surface area contributed by atoms with Gasteiger partial charge in [0.05, 0.1) is 17.8 Å². The Morgan fingerprint density at radius 2 is 2.05 bits per heavy atom. The minimum Gasteiger partial charge on any atom is -0.397 e. The molecule has 19 heavy (non-hydrogen) atoms. The van der Waals surface area contributed by atoms with Gasteiger partial charge in [0.25, 0.3) is 0 Å². The first kappa shape index (κ1) is 13.1. The van der Waals surface area contributed by atoms with Gasteiger partial charge in [-0.05, 0) is 42.3 Å². The van der Waals surface area contributed by atoms with E-state index in [2.05, 4.69) is 5.32 Å². The second-order valence-corrected chi connectivity index (χ2v) is 4.45. The summed E-state index contributed by atoms with van der Waals surface area (Å²) in [5.74, 6) is -0.568. The van der Waals surface area contributed by atoms with Crippen molar-refractivity contribution in [3.05, 3.63) is 59.4 Å². The summed E-state index contributed by atoms with van der Waals surface area (Å²) in [5.41, 5.74) is 8.57. The maximum atomic E-state index is 13.0. The number of aryl methyl sites for hydroxylation is 1. The summed E-state index contributed by atoms with van der Waals surface area (Å²) in [6, 6.07) is 11.4. The highest BCUT2D eigenvalue weighted by Gasteiger charge is 2.07. The Kier molecular flexibility index (Phi) is 3.80. The van der Waals surface area contributed by atoms with Gasteiger partial charge in [-0.3, -0.25) is 4.79 Å². The van der Waals surface area contributed by atoms with Crippen molar-refractivity contribution in [1.29, 1.82) is 0 Å². The highest BCUT2D eigenvalue weighted by Crippen LogP contribution is 2.19. The zero-order valence-electron chi connectivity index (χ0n) is 10.6. The topological polar surface area (TPSA) is 55.1 Å². The van der Waals surface area contributed by atoms with Crippen molar-refractivity contribution in [3.63, 3.8) is 0 Å². The number of benzene rings is 2. The summed E-state index contributed by atoms with van der Waals surface area (Å²) >= 11 is 0. The van der Waals surface area contributed by atoms with Crippen LogP contribution in [0.3, 0.4) is 0 Å². The number of carbonyl (C=O) groups is 1. The first-order chi connectivity index (χ1) is 9.04. The minimum atomic E-state index is -0.347. The van der Waals surface area contributed by atoms with E-state index >= 15 is 0 Å². The minimum absolute atomic E-state index is 0.116. The third-order valence-electron chi connectivity index (χ3n) is 2.73. The molecular formula is C15H15FN2O. The third-order valence-corrected chi connectivity index (χ3v) is 2.73. The number of halogens is 1. The van der Waals surface area contributed by atoms with Gasteiger partial charge in [-0.2, -0.15) is 0 Å². The summed E-state index contributed by atoms with van der Waals surface area (Å²) in [6.07, 6.45) is 0.116. The van der Waals surface area contributed by atoms with Crippen LogP contribution in [-0.2, 0) is 11.2 Å². The SMILES string of the molecule is Cc1ccc(NC(=O)Cc2cccc(F)c2)c(N)c1. The monoisotopic (exact) mass is 258 g/mol. The molecule has 1 amide bonds. The van der Waals surface area contributed by atoms with Crippen molar-refractivity contribution in [2.75, 3.05) is 11.1 Å². The molecule has 2 aromatic rings. The van der Waals surface area contributed by atoms with Crippen LogP contribution in [0.4, 0.5) is 15.8 Å². The number of carbonyl (C=O) groups excluding carboxylic acids is 1. The molecule has 2 rings (SSSR count). The molecule has 0 aliphatic rings.